The van der Waals surface area contributed by atoms with Crippen LogP contribution in [-0.4, -0.2) is 12.0 Å². The number of carbonyl (C=O) groups is 1. The molecule has 1 aromatic carbocycles. The number of nitrogens with zero attached hydrogens (tertiary/aromatic N) is 1. The zero-order valence-electron chi connectivity index (χ0n) is 13.1. The summed E-state index contributed by atoms with van der Waals surface area (Å²) >= 11 is 7.31. The Balaban J connectivity index is 2.11. The van der Waals surface area contributed by atoms with Crippen LogP contribution in [0.5, 0.6) is 5.75 Å². The Kier molecular flexibility index (Phi) is 5.64. The van der Waals surface area contributed by atoms with E-state index in [2.05, 4.69) is 11.4 Å². The van der Waals surface area contributed by atoms with Crippen molar-refractivity contribution in [3.63, 3.8) is 0 Å². The summed E-state index contributed by atoms with van der Waals surface area (Å²) in [6.45, 7) is 5.60. The quantitative estimate of drug-likeness (QED) is 0.862. The molecule has 0 spiro atoms. The van der Waals surface area contributed by atoms with Gasteiger partial charge in [0, 0.05) is 9.90 Å². The van der Waals surface area contributed by atoms with E-state index in [1.54, 1.807) is 31.2 Å². The van der Waals surface area contributed by atoms with Gasteiger partial charge in [0.15, 0.2) is 6.10 Å². The minimum atomic E-state index is -0.701. The van der Waals surface area contributed by atoms with E-state index in [4.69, 9.17) is 16.3 Å². The summed E-state index contributed by atoms with van der Waals surface area (Å²) < 4.78 is 5.59. The van der Waals surface area contributed by atoms with Crippen LogP contribution in [0, 0.1) is 18.3 Å². The van der Waals surface area contributed by atoms with E-state index in [0.717, 1.165) is 16.9 Å². The maximum atomic E-state index is 12.3. The van der Waals surface area contributed by atoms with Gasteiger partial charge in [0.05, 0.1) is 5.56 Å². The fraction of sp³-hybridized carbons (Fsp3) is 0.294. The summed E-state index contributed by atoms with van der Waals surface area (Å²) in [5.74, 6) is 0.225. The number of nitrogens with one attached hydrogen (secondary N) is 1. The molecule has 4 nitrogen and oxygen atoms in total. The molecule has 0 radical (unpaired) electrons. The van der Waals surface area contributed by atoms with E-state index in [9.17, 15) is 10.1 Å². The third kappa shape index (κ3) is 4.04. The predicted molar refractivity (Wildman–Crippen MR) is 93.3 cm³/mol. The SMILES string of the molecule is CCc1c(C)sc(NC(=O)C(C)Oc2cccc(Cl)c2)c1C#N. The van der Waals surface area contributed by atoms with Crippen molar-refractivity contribution in [1.82, 2.24) is 0 Å². The third-order valence-electron chi connectivity index (χ3n) is 3.39. The number of halogens is 1. The van der Waals surface area contributed by atoms with Gasteiger partial charge in [-0.25, -0.2) is 0 Å². The molecule has 0 saturated carbocycles. The fourth-order valence-electron chi connectivity index (χ4n) is 2.22. The van der Waals surface area contributed by atoms with Crippen LogP contribution in [0.4, 0.5) is 5.00 Å². The average molecular weight is 349 g/mol. The van der Waals surface area contributed by atoms with Crippen LogP contribution in [0.1, 0.15) is 29.9 Å². The van der Waals surface area contributed by atoms with Crippen molar-refractivity contribution in [2.45, 2.75) is 33.3 Å². The molecule has 1 unspecified atom stereocenters. The van der Waals surface area contributed by atoms with Crippen molar-refractivity contribution in [2.24, 2.45) is 0 Å². The summed E-state index contributed by atoms with van der Waals surface area (Å²) in [5.41, 5.74) is 1.52. The Morgan fingerprint density at radius 1 is 1.52 bits per heavy atom. The number of hydrogen-bond acceptors (Lipinski definition) is 4. The van der Waals surface area contributed by atoms with Gasteiger partial charge in [0.2, 0.25) is 0 Å². The molecule has 23 heavy (non-hydrogen) atoms. The molecule has 1 amide bonds. The van der Waals surface area contributed by atoms with Gasteiger partial charge in [0.1, 0.15) is 16.8 Å². The van der Waals surface area contributed by atoms with Crippen molar-refractivity contribution in [3.05, 3.63) is 45.3 Å². The number of carbonyl (C=O) groups excluding carboxylic acids is 1. The maximum Gasteiger partial charge on any atom is 0.265 e. The van der Waals surface area contributed by atoms with Crippen LogP contribution in [0.3, 0.4) is 0 Å². The van der Waals surface area contributed by atoms with Gasteiger partial charge in [0.25, 0.3) is 5.91 Å². The number of ether oxygens (including phenoxy) is 1. The van der Waals surface area contributed by atoms with E-state index in [1.165, 1.54) is 11.3 Å². The first-order chi connectivity index (χ1) is 11.0. The lowest BCUT2D eigenvalue weighted by Crippen LogP contribution is -2.30. The van der Waals surface area contributed by atoms with Gasteiger partial charge in [-0.15, -0.1) is 11.3 Å². The van der Waals surface area contributed by atoms with Crippen molar-refractivity contribution in [1.29, 1.82) is 5.26 Å². The van der Waals surface area contributed by atoms with Crippen LogP contribution in [0.25, 0.3) is 0 Å². The van der Waals surface area contributed by atoms with E-state index < -0.39 is 6.10 Å². The number of aryl methyl sites for hydroxylation is 1. The predicted octanol–water partition coefficient (Wildman–Crippen LogP) is 4.55. The van der Waals surface area contributed by atoms with Gasteiger partial charge >= 0.3 is 0 Å². The van der Waals surface area contributed by atoms with Crippen molar-refractivity contribution in [3.8, 4) is 11.8 Å². The Labute approximate surface area is 144 Å². The van der Waals surface area contributed by atoms with Crippen LogP contribution >= 0.6 is 22.9 Å². The standard InChI is InChI=1S/C17H17ClN2O2S/c1-4-14-11(3)23-17(15(14)9-19)20-16(21)10(2)22-13-7-5-6-12(18)8-13/h5-8,10H,4H2,1-3H3,(H,20,21). The molecule has 120 valence electrons. The molecule has 0 bridgehead atoms. The minimum absolute atomic E-state index is 0.301. The van der Waals surface area contributed by atoms with Crippen LogP contribution in [0.2, 0.25) is 5.02 Å². The normalized spacial score (nSPS) is 11.6. The third-order valence-corrected chi connectivity index (χ3v) is 4.69. The highest BCUT2D eigenvalue weighted by Crippen LogP contribution is 2.33. The number of nitriles is 1. The van der Waals surface area contributed by atoms with Crippen molar-refractivity contribution >= 4 is 33.8 Å². The molecule has 1 aromatic heterocycles. The van der Waals surface area contributed by atoms with E-state index >= 15 is 0 Å². The number of benzene rings is 1. The molecule has 1 atom stereocenters. The van der Waals surface area contributed by atoms with Crippen LogP contribution < -0.4 is 10.1 Å². The Hall–Kier alpha value is -2.03. The fourth-order valence-corrected chi connectivity index (χ4v) is 3.50. The Morgan fingerprint density at radius 3 is 2.87 bits per heavy atom. The first kappa shape index (κ1) is 17.3. The lowest BCUT2D eigenvalue weighted by atomic mass is 10.1. The molecule has 0 fully saturated rings. The summed E-state index contributed by atoms with van der Waals surface area (Å²) in [4.78, 5) is 13.4. The van der Waals surface area contributed by atoms with Gasteiger partial charge in [-0.05, 0) is 44.0 Å². The molecular weight excluding hydrogens is 332 g/mol. The Bertz CT molecular complexity index is 764. The second kappa shape index (κ2) is 7.49. The summed E-state index contributed by atoms with van der Waals surface area (Å²) in [6.07, 6.45) is 0.0582. The highest BCUT2D eigenvalue weighted by Gasteiger charge is 2.20. The van der Waals surface area contributed by atoms with Gasteiger partial charge in [-0.1, -0.05) is 24.6 Å². The molecule has 6 heteroatoms. The topological polar surface area (TPSA) is 62.1 Å². The van der Waals surface area contributed by atoms with E-state index in [0.29, 0.717) is 21.3 Å². The zero-order chi connectivity index (χ0) is 17.0. The highest BCUT2D eigenvalue weighted by atomic mass is 35.5. The number of hydrogen-bond donors (Lipinski definition) is 1. The molecular formula is C17H17ClN2O2S. The molecule has 0 aliphatic carbocycles. The Morgan fingerprint density at radius 2 is 2.26 bits per heavy atom. The highest BCUT2D eigenvalue weighted by molar-refractivity contribution is 7.16. The van der Waals surface area contributed by atoms with Crippen LogP contribution in [-0.2, 0) is 11.2 Å². The number of anilines is 1. The molecule has 0 aliphatic rings. The molecule has 0 aliphatic heterocycles. The largest absolute Gasteiger partial charge is 0.481 e. The maximum absolute atomic E-state index is 12.3. The second-order valence-electron chi connectivity index (χ2n) is 5.01. The van der Waals surface area contributed by atoms with Gasteiger partial charge in [-0.2, -0.15) is 5.26 Å². The molecule has 1 N–H and O–H groups in total. The molecule has 2 rings (SSSR count). The summed E-state index contributed by atoms with van der Waals surface area (Å²) in [6, 6.07) is 9.05. The number of thiophene rings is 1. The molecule has 0 saturated heterocycles. The first-order valence-electron chi connectivity index (χ1n) is 7.21. The van der Waals surface area contributed by atoms with E-state index in [-0.39, 0.29) is 5.91 Å². The van der Waals surface area contributed by atoms with Crippen LogP contribution in [0.15, 0.2) is 24.3 Å². The first-order valence-corrected chi connectivity index (χ1v) is 8.41. The van der Waals surface area contributed by atoms with E-state index in [1.807, 2.05) is 13.8 Å². The minimum Gasteiger partial charge on any atom is -0.481 e. The smallest absolute Gasteiger partial charge is 0.265 e. The lowest BCUT2D eigenvalue weighted by molar-refractivity contribution is -0.122. The van der Waals surface area contributed by atoms with Crippen molar-refractivity contribution < 1.29 is 9.53 Å². The molecule has 2 aromatic rings. The summed E-state index contributed by atoms with van der Waals surface area (Å²) in [7, 11) is 0. The average Bonchev–Trinajstić information content (AvgIpc) is 2.81. The summed E-state index contributed by atoms with van der Waals surface area (Å²) in [5, 5.41) is 13.2. The van der Waals surface area contributed by atoms with Gasteiger partial charge < -0.3 is 10.1 Å². The van der Waals surface area contributed by atoms with Gasteiger partial charge in [-0.3, -0.25) is 4.79 Å². The second-order valence-corrected chi connectivity index (χ2v) is 6.67. The number of amides is 1. The lowest BCUT2D eigenvalue weighted by Gasteiger charge is -2.14. The van der Waals surface area contributed by atoms with Crippen molar-refractivity contribution in [2.75, 3.05) is 5.32 Å². The molecule has 1 heterocycles. The number of rotatable bonds is 5. The zero-order valence-corrected chi connectivity index (χ0v) is 14.7. The monoisotopic (exact) mass is 348 g/mol.